The number of benzene rings is 2. The molecule has 2 aliphatic rings. The van der Waals surface area contributed by atoms with Crippen LogP contribution in [0.1, 0.15) is 30.9 Å². The average molecular weight is 444 g/mol. The van der Waals surface area contributed by atoms with Gasteiger partial charge in [0.1, 0.15) is 11.8 Å². The second-order valence-electron chi connectivity index (χ2n) is 7.30. The van der Waals surface area contributed by atoms with Crippen LogP contribution >= 0.6 is 0 Å². The van der Waals surface area contributed by atoms with Crippen molar-refractivity contribution in [2.45, 2.75) is 37.7 Å². The van der Waals surface area contributed by atoms with Crippen LogP contribution in [0.2, 0.25) is 0 Å². The van der Waals surface area contributed by atoms with E-state index in [0.29, 0.717) is 12.4 Å². The molecule has 2 N–H and O–H groups in total. The first kappa shape index (κ1) is 22.0. The molecule has 3 unspecified atom stereocenters. The maximum atomic E-state index is 12.9. The Morgan fingerprint density at radius 1 is 1.06 bits per heavy atom. The molecule has 2 aromatic rings. The lowest BCUT2D eigenvalue weighted by atomic mass is 10.0. The van der Waals surface area contributed by atoms with Gasteiger partial charge in [-0.15, -0.1) is 0 Å². The first-order valence-electron chi connectivity index (χ1n) is 10.3. The quantitative estimate of drug-likeness (QED) is 0.506. The van der Waals surface area contributed by atoms with E-state index in [9.17, 15) is 9.59 Å². The fourth-order valence-electron chi connectivity index (χ4n) is 3.67. The Morgan fingerprint density at radius 2 is 1.81 bits per heavy atom. The summed E-state index contributed by atoms with van der Waals surface area (Å²) in [5, 5.41) is 0. The Labute approximate surface area is 184 Å². The first-order chi connectivity index (χ1) is 15.7. The predicted octanol–water partition coefficient (Wildman–Crippen LogP) is 3.47. The number of carbonyl (C=O) groups is 2. The van der Waals surface area contributed by atoms with E-state index in [-0.39, 0.29) is 18.6 Å². The van der Waals surface area contributed by atoms with Crippen molar-refractivity contribution in [1.82, 2.24) is 4.90 Å². The van der Waals surface area contributed by atoms with Gasteiger partial charge in [-0.25, -0.2) is 14.5 Å². The predicted molar refractivity (Wildman–Crippen MR) is 109 cm³/mol. The molecular weight excluding hydrogens is 420 g/mol. The maximum Gasteiger partial charge on any atom is 0.425 e. The molecule has 2 amide bonds. The monoisotopic (exact) mass is 444 g/mol. The number of imide groups is 1. The molecule has 2 aromatic carbocycles. The molecule has 2 heterocycles. The molecule has 3 atom stereocenters. The molecule has 10 heteroatoms. The number of ether oxygens (including phenoxy) is 4. The number of rotatable bonds is 7. The van der Waals surface area contributed by atoms with E-state index in [2.05, 4.69) is 9.88 Å². The van der Waals surface area contributed by atoms with Crippen LogP contribution in [0.5, 0.6) is 11.5 Å². The number of cyclic esters (lactones) is 1. The van der Waals surface area contributed by atoms with Crippen molar-refractivity contribution >= 4 is 12.2 Å². The highest BCUT2D eigenvalue weighted by atomic mass is 17.3. The van der Waals surface area contributed by atoms with Crippen molar-refractivity contribution in [2.75, 3.05) is 13.2 Å². The van der Waals surface area contributed by atoms with Gasteiger partial charge in [-0.05, 0) is 49.1 Å². The van der Waals surface area contributed by atoms with Gasteiger partial charge in [0, 0.05) is 6.61 Å². The highest BCUT2D eigenvalue weighted by molar-refractivity contribution is 5.91. The molecule has 0 spiro atoms. The van der Waals surface area contributed by atoms with Gasteiger partial charge in [0.15, 0.2) is 18.1 Å². The molecule has 4 rings (SSSR count). The Balaban J connectivity index is 1.49. The lowest BCUT2D eigenvalue weighted by Gasteiger charge is -2.26. The third-order valence-corrected chi connectivity index (χ3v) is 5.17. The number of hydrogen-bond acceptors (Lipinski definition) is 9. The zero-order valence-corrected chi connectivity index (χ0v) is 17.3. The van der Waals surface area contributed by atoms with Crippen molar-refractivity contribution in [2.24, 2.45) is 5.90 Å². The standard InChI is InChI=1S/C22H24N2O8/c23-32-31-17-11-9-16(10-12-17)29-21(25)24-20(15-6-2-1-3-7-15)18(30-22(24)26)14-28-19-8-4-5-13-27-19/h1-3,6-7,9-12,18-20H,4-5,8,13-14,23H2. The lowest BCUT2D eigenvalue weighted by molar-refractivity contribution is -0.211. The maximum absolute atomic E-state index is 12.9. The zero-order valence-electron chi connectivity index (χ0n) is 17.3. The molecular formula is C22H24N2O8. The van der Waals surface area contributed by atoms with Gasteiger partial charge >= 0.3 is 12.2 Å². The minimum atomic E-state index is -0.871. The van der Waals surface area contributed by atoms with Crippen molar-refractivity contribution in [1.29, 1.82) is 0 Å². The van der Waals surface area contributed by atoms with Gasteiger partial charge < -0.3 is 23.8 Å². The van der Waals surface area contributed by atoms with E-state index >= 15 is 0 Å². The highest BCUT2D eigenvalue weighted by Crippen LogP contribution is 2.35. The van der Waals surface area contributed by atoms with Gasteiger partial charge in [0.05, 0.1) is 6.61 Å². The van der Waals surface area contributed by atoms with Crippen LogP contribution in [0.15, 0.2) is 54.6 Å². The number of nitrogens with two attached hydrogens (primary N) is 1. The van der Waals surface area contributed by atoms with E-state index in [1.165, 1.54) is 24.3 Å². The van der Waals surface area contributed by atoms with Crippen molar-refractivity contribution in [3.8, 4) is 11.5 Å². The number of amides is 2. The third-order valence-electron chi connectivity index (χ3n) is 5.17. The molecule has 0 aromatic heterocycles. The average Bonchev–Trinajstić information content (AvgIpc) is 3.16. The van der Waals surface area contributed by atoms with Gasteiger partial charge in [-0.2, -0.15) is 5.90 Å². The molecule has 0 bridgehead atoms. The summed E-state index contributed by atoms with van der Waals surface area (Å²) in [6.45, 7) is 0.724. The summed E-state index contributed by atoms with van der Waals surface area (Å²) in [7, 11) is 0. The molecule has 2 fully saturated rings. The minimum absolute atomic E-state index is 0.0882. The van der Waals surface area contributed by atoms with E-state index < -0.39 is 24.3 Å². The van der Waals surface area contributed by atoms with Crippen molar-refractivity contribution < 1.29 is 38.4 Å². The van der Waals surface area contributed by atoms with E-state index in [1.54, 1.807) is 0 Å². The lowest BCUT2D eigenvalue weighted by Crippen LogP contribution is -2.38. The smallest absolute Gasteiger partial charge is 0.425 e. The topological polar surface area (TPSA) is 119 Å². The molecule has 0 saturated carbocycles. The van der Waals surface area contributed by atoms with Gasteiger partial charge in [0.2, 0.25) is 0 Å². The van der Waals surface area contributed by atoms with Crippen molar-refractivity contribution in [3.05, 3.63) is 60.2 Å². The van der Waals surface area contributed by atoms with E-state index in [4.69, 9.17) is 24.8 Å². The fraction of sp³-hybridized carbons (Fsp3) is 0.364. The molecule has 0 radical (unpaired) electrons. The Bertz CT molecular complexity index is 902. The molecule has 0 aliphatic carbocycles. The van der Waals surface area contributed by atoms with Crippen LogP contribution in [0.3, 0.4) is 0 Å². The third kappa shape index (κ3) is 5.17. The Morgan fingerprint density at radius 3 is 2.50 bits per heavy atom. The normalized spacial score (nSPS) is 23.0. The van der Waals surface area contributed by atoms with Crippen LogP contribution < -0.4 is 15.5 Å². The van der Waals surface area contributed by atoms with Gasteiger partial charge in [0.25, 0.3) is 0 Å². The largest absolute Gasteiger partial charge is 0.441 e. The van der Waals surface area contributed by atoms with Crippen LogP contribution in [-0.4, -0.2) is 42.7 Å². The summed E-state index contributed by atoms with van der Waals surface area (Å²) in [5.41, 5.74) is 0.720. The molecule has 2 aliphatic heterocycles. The summed E-state index contributed by atoms with van der Waals surface area (Å²) in [5.74, 6) is 5.37. The zero-order chi connectivity index (χ0) is 22.3. The van der Waals surface area contributed by atoms with Crippen LogP contribution in [0.4, 0.5) is 9.59 Å². The Kier molecular flexibility index (Phi) is 7.17. The fourth-order valence-corrected chi connectivity index (χ4v) is 3.67. The van der Waals surface area contributed by atoms with E-state index in [1.807, 2.05) is 30.3 Å². The molecule has 10 nitrogen and oxygen atoms in total. The Hall–Kier alpha value is -3.18. The van der Waals surface area contributed by atoms with Crippen LogP contribution in [0, 0.1) is 0 Å². The molecule has 170 valence electrons. The number of carbonyl (C=O) groups excluding carboxylic acids is 2. The first-order valence-corrected chi connectivity index (χ1v) is 10.3. The second kappa shape index (κ2) is 10.4. The highest BCUT2D eigenvalue weighted by Gasteiger charge is 2.47. The minimum Gasteiger partial charge on any atom is -0.441 e. The van der Waals surface area contributed by atoms with Gasteiger partial charge in [-0.3, -0.25) is 0 Å². The number of nitrogens with zero attached hydrogens (tertiary/aromatic N) is 1. The van der Waals surface area contributed by atoms with Crippen LogP contribution in [-0.2, 0) is 19.2 Å². The number of hydrogen-bond donors (Lipinski definition) is 1. The summed E-state index contributed by atoms with van der Waals surface area (Å²) in [6.07, 6.45) is 0.0478. The van der Waals surface area contributed by atoms with Gasteiger partial charge in [-0.1, -0.05) is 35.3 Å². The summed E-state index contributed by atoms with van der Waals surface area (Å²) in [4.78, 5) is 35.3. The summed E-state index contributed by atoms with van der Waals surface area (Å²) in [6, 6.07) is 14.3. The summed E-state index contributed by atoms with van der Waals surface area (Å²) >= 11 is 0. The van der Waals surface area contributed by atoms with Crippen LogP contribution in [0.25, 0.3) is 0 Å². The van der Waals surface area contributed by atoms with Crippen molar-refractivity contribution in [3.63, 3.8) is 0 Å². The SMILES string of the molecule is NOOc1ccc(OC(=O)N2C(=O)OC(COC3CCCCO3)C2c2ccccc2)cc1. The second-order valence-corrected chi connectivity index (χ2v) is 7.30. The molecule has 2 saturated heterocycles. The van der Waals surface area contributed by atoms with E-state index in [0.717, 1.165) is 29.7 Å². The summed E-state index contributed by atoms with van der Waals surface area (Å²) < 4.78 is 22.3. The molecule has 32 heavy (non-hydrogen) atoms.